The van der Waals surface area contributed by atoms with Crippen LogP contribution >= 0.6 is 0 Å². The molecule has 1 aromatic carbocycles. The van der Waals surface area contributed by atoms with E-state index in [1.54, 1.807) is 6.92 Å². The average Bonchev–Trinajstić information content (AvgIpc) is 2.68. The lowest BCUT2D eigenvalue weighted by atomic mass is 10.1. The fraction of sp³-hybridized carbons (Fsp3) is 0.619. The first kappa shape index (κ1) is 21.2. The maximum absolute atomic E-state index is 11.7. The number of ether oxygens (including phenoxy) is 1. The number of rotatable bonds is 11. The summed E-state index contributed by atoms with van der Waals surface area (Å²) in [5.74, 6) is 0.812. The minimum absolute atomic E-state index is 0.0290. The first-order valence-electron chi connectivity index (χ1n) is 10.1. The van der Waals surface area contributed by atoms with Crippen LogP contribution in [0.25, 0.3) is 0 Å². The largest absolute Gasteiger partial charge is 0.494 e. The Morgan fingerprint density at radius 2 is 1.85 bits per heavy atom. The molecule has 1 saturated heterocycles. The standard InChI is InChI=1S/C21H33N3O3/c1-2-20(25)23-12-10-21(26)22-11-7-15-27-19-9-6-8-18(16-19)17-24-13-4-3-5-14-24/h6,8-9,16H,2-5,7,10-15,17H2,1H3,(H,22,26)(H,23,25). The van der Waals surface area contributed by atoms with Crippen LogP contribution in [0.1, 0.15) is 51.0 Å². The third-order valence-electron chi connectivity index (χ3n) is 4.66. The Labute approximate surface area is 162 Å². The molecular weight excluding hydrogens is 342 g/mol. The van der Waals surface area contributed by atoms with Gasteiger partial charge in [0.1, 0.15) is 5.75 Å². The lowest BCUT2D eigenvalue weighted by Crippen LogP contribution is -2.31. The van der Waals surface area contributed by atoms with Crippen molar-refractivity contribution in [2.45, 2.75) is 52.0 Å². The maximum Gasteiger partial charge on any atom is 0.221 e. The first-order chi connectivity index (χ1) is 13.2. The van der Waals surface area contributed by atoms with Gasteiger partial charge in [-0.2, -0.15) is 0 Å². The van der Waals surface area contributed by atoms with Gasteiger partial charge in [0, 0.05) is 32.5 Å². The maximum atomic E-state index is 11.7. The lowest BCUT2D eigenvalue weighted by Gasteiger charge is -2.26. The number of carbonyl (C=O) groups is 2. The van der Waals surface area contributed by atoms with E-state index in [1.807, 2.05) is 12.1 Å². The first-order valence-corrected chi connectivity index (χ1v) is 10.1. The molecule has 2 N–H and O–H groups in total. The van der Waals surface area contributed by atoms with Crippen molar-refractivity contribution >= 4 is 11.8 Å². The van der Waals surface area contributed by atoms with Gasteiger partial charge in [0.05, 0.1) is 6.61 Å². The van der Waals surface area contributed by atoms with Crippen LogP contribution in [-0.2, 0) is 16.1 Å². The number of nitrogens with zero attached hydrogens (tertiary/aromatic N) is 1. The van der Waals surface area contributed by atoms with E-state index in [2.05, 4.69) is 27.7 Å². The zero-order valence-electron chi connectivity index (χ0n) is 16.5. The molecule has 0 unspecified atom stereocenters. The van der Waals surface area contributed by atoms with E-state index in [0.717, 1.165) is 18.7 Å². The number of benzene rings is 1. The molecule has 0 spiro atoms. The van der Waals surface area contributed by atoms with Crippen molar-refractivity contribution in [1.82, 2.24) is 15.5 Å². The van der Waals surface area contributed by atoms with E-state index in [0.29, 0.717) is 32.5 Å². The summed E-state index contributed by atoms with van der Waals surface area (Å²) < 4.78 is 5.82. The molecule has 0 bridgehead atoms. The Hall–Kier alpha value is -2.08. The minimum atomic E-state index is -0.0464. The third-order valence-corrected chi connectivity index (χ3v) is 4.66. The molecule has 0 aliphatic carbocycles. The van der Waals surface area contributed by atoms with Gasteiger partial charge in [-0.05, 0) is 50.0 Å². The molecular formula is C21H33N3O3. The van der Waals surface area contributed by atoms with Gasteiger partial charge in [-0.1, -0.05) is 25.5 Å². The highest BCUT2D eigenvalue weighted by atomic mass is 16.5. The highest BCUT2D eigenvalue weighted by molar-refractivity contribution is 5.78. The van der Waals surface area contributed by atoms with Crippen molar-refractivity contribution in [2.75, 3.05) is 32.8 Å². The molecule has 1 aromatic rings. The van der Waals surface area contributed by atoms with E-state index in [1.165, 1.54) is 37.9 Å². The third kappa shape index (κ3) is 8.91. The highest BCUT2D eigenvalue weighted by Crippen LogP contribution is 2.17. The van der Waals surface area contributed by atoms with Gasteiger partial charge >= 0.3 is 0 Å². The Morgan fingerprint density at radius 3 is 2.63 bits per heavy atom. The minimum Gasteiger partial charge on any atom is -0.494 e. The van der Waals surface area contributed by atoms with Crippen LogP contribution in [0, 0.1) is 0 Å². The van der Waals surface area contributed by atoms with Crippen LogP contribution in [-0.4, -0.2) is 49.5 Å². The molecule has 27 heavy (non-hydrogen) atoms. The van der Waals surface area contributed by atoms with Crippen LogP contribution in [0.5, 0.6) is 5.75 Å². The molecule has 1 fully saturated rings. The van der Waals surface area contributed by atoms with E-state index in [9.17, 15) is 9.59 Å². The van der Waals surface area contributed by atoms with Gasteiger partial charge in [-0.15, -0.1) is 0 Å². The van der Waals surface area contributed by atoms with Crippen molar-refractivity contribution in [3.8, 4) is 5.75 Å². The van der Waals surface area contributed by atoms with E-state index >= 15 is 0 Å². The van der Waals surface area contributed by atoms with E-state index in [-0.39, 0.29) is 11.8 Å². The highest BCUT2D eigenvalue weighted by Gasteiger charge is 2.10. The molecule has 1 aliphatic heterocycles. The van der Waals surface area contributed by atoms with Crippen molar-refractivity contribution in [2.24, 2.45) is 0 Å². The Bertz CT molecular complexity index is 586. The molecule has 6 nitrogen and oxygen atoms in total. The lowest BCUT2D eigenvalue weighted by molar-refractivity contribution is -0.122. The molecule has 1 aliphatic rings. The fourth-order valence-electron chi connectivity index (χ4n) is 3.13. The summed E-state index contributed by atoms with van der Waals surface area (Å²) in [6.45, 7) is 6.69. The van der Waals surface area contributed by atoms with Crippen LogP contribution in [0.15, 0.2) is 24.3 Å². The Morgan fingerprint density at radius 1 is 1.07 bits per heavy atom. The molecule has 0 radical (unpaired) electrons. The predicted molar refractivity (Wildman–Crippen MR) is 107 cm³/mol. The summed E-state index contributed by atoms with van der Waals surface area (Å²) in [6.07, 6.45) is 5.45. The quantitative estimate of drug-likeness (QED) is 0.583. The number of hydrogen-bond donors (Lipinski definition) is 2. The Balaban J connectivity index is 1.58. The number of likely N-dealkylation sites (tertiary alicyclic amines) is 1. The topological polar surface area (TPSA) is 70.7 Å². The van der Waals surface area contributed by atoms with Crippen molar-refractivity contribution in [3.05, 3.63) is 29.8 Å². The van der Waals surface area contributed by atoms with Crippen molar-refractivity contribution in [3.63, 3.8) is 0 Å². The predicted octanol–water partition coefficient (Wildman–Crippen LogP) is 2.47. The summed E-state index contributed by atoms with van der Waals surface area (Å²) in [6, 6.07) is 8.29. The molecule has 2 rings (SSSR count). The molecule has 6 heteroatoms. The molecule has 150 valence electrons. The van der Waals surface area contributed by atoms with Crippen molar-refractivity contribution < 1.29 is 14.3 Å². The van der Waals surface area contributed by atoms with Crippen LogP contribution in [0.4, 0.5) is 0 Å². The van der Waals surface area contributed by atoms with Gasteiger partial charge in [-0.3, -0.25) is 14.5 Å². The van der Waals surface area contributed by atoms with Gasteiger partial charge in [0.2, 0.25) is 11.8 Å². The number of hydrogen-bond acceptors (Lipinski definition) is 4. The molecule has 1 heterocycles. The second kappa shape index (κ2) is 12.3. The molecule has 0 aromatic heterocycles. The summed E-state index contributed by atoms with van der Waals surface area (Å²) in [5, 5.41) is 5.54. The van der Waals surface area contributed by atoms with Gasteiger partial charge in [-0.25, -0.2) is 0 Å². The molecule has 0 atom stereocenters. The normalized spacial score (nSPS) is 14.6. The summed E-state index contributed by atoms with van der Waals surface area (Å²) >= 11 is 0. The molecule has 0 saturated carbocycles. The Kier molecular flexibility index (Phi) is 9.69. The molecule has 2 amide bonds. The average molecular weight is 376 g/mol. The van der Waals surface area contributed by atoms with Crippen LogP contribution in [0.2, 0.25) is 0 Å². The second-order valence-electron chi connectivity index (χ2n) is 6.99. The SMILES string of the molecule is CCC(=O)NCCC(=O)NCCCOc1cccc(CN2CCCCC2)c1. The zero-order valence-corrected chi connectivity index (χ0v) is 16.5. The van der Waals surface area contributed by atoms with Crippen LogP contribution < -0.4 is 15.4 Å². The van der Waals surface area contributed by atoms with E-state index in [4.69, 9.17) is 4.74 Å². The van der Waals surface area contributed by atoms with Gasteiger partial charge in [0.25, 0.3) is 0 Å². The summed E-state index contributed by atoms with van der Waals surface area (Å²) in [4.78, 5) is 25.3. The van der Waals surface area contributed by atoms with Crippen LogP contribution in [0.3, 0.4) is 0 Å². The van der Waals surface area contributed by atoms with Gasteiger partial charge < -0.3 is 15.4 Å². The number of piperidine rings is 1. The number of carbonyl (C=O) groups excluding carboxylic acids is 2. The smallest absolute Gasteiger partial charge is 0.221 e. The van der Waals surface area contributed by atoms with Gasteiger partial charge in [0.15, 0.2) is 0 Å². The zero-order chi connectivity index (χ0) is 19.3. The summed E-state index contributed by atoms with van der Waals surface area (Å²) in [5.41, 5.74) is 1.29. The fourth-order valence-corrected chi connectivity index (χ4v) is 3.13. The van der Waals surface area contributed by atoms with E-state index < -0.39 is 0 Å². The van der Waals surface area contributed by atoms with Crippen molar-refractivity contribution in [1.29, 1.82) is 0 Å². The number of amides is 2. The number of nitrogens with one attached hydrogen (secondary N) is 2. The second-order valence-corrected chi connectivity index (χ2v) is 6.99. The summed E-state index contributed by atoms with van der Waals surface area (Å²) in [7, 11) is 0. The monoisotopic (exact) mass is 375 g/mol.